The van der Waals surface area contributed by atoms with Gasteiger partial charge in [0.25, 0.3) is 0 Å². The zero-order chi connectivity index (χ0) is 15.1. The summed E-state index contributed by atoms with van der Waals surface area (Å²) in [6.07, 6.45) is 0. The van der Waals surface area contributed by atoms with Gasteiger partial charge in [0.05, 0.1) is 4.90 Å². The third-order valence-electron chi connectivity index (χ3n) is 2.88. The molecule has 0 spiro atoms. The van der Waals surface area contributed by atoms with Gasteiger partial charge in [0, 0.05) is 13.1 Å². The predicted octanol–water partition coefficient (Wildman–Crippen LogP) is 1.50. The lowest BCUT2D eigenvalue weighted by atomic mass is 10.2. The monoisotopic (exact) mass is 306 g/mol. The Bertz CT molecular complexity index is 655. The minimum atomic E-state index is -3.51. The molecule has 0 atom stereocenters. The van der Waals surface area contributed by atoms with Crippen LogP contribution in [-0.2, 0) is 16.6 Å². The number of nitrogens with one attached hydrogen (secondary N) is 1. The average molecular weight is 306 g/mol. The van der Waals surface area contributed by atoms with Gasteiger partial charge < -0.3 is 10.5 Å². The molecular weight excluding hydrogens is 288 g/mol. The van der Waals surface area contributed by atoms with Crippen LogP contribution in [0.4, 0.5) is 0 Å². The first-order valence-corrected chi connectivity index (χ1v) is 8.06. The normalized spacial score (nSPS) is 11.3. The molecule has 21 heavy (non-hydrogen) atoms. The highest BCUT2D eigenvalue weighted by Crippen LogP contribution is 2.10. The zero-order valence-corrected chi connectivity index (χ0v) is 12.3. The van der Waals surface area contributed by atoms with Crippen LogP contribution in [0.3, 0.4) is 0 Å². The number of para-hydroxylation sites is 1. The van der Waals surface area contributed by atoms with Crippen molar-refractivity contribution in [1.29, 1.82) is 0 Å². The van der Waals surface area contributed by atoms with Gasteiger partial charge in [-0.3, -0.25) is 0 Å². The maximum absolute atomic E-state index is 12.0. The number of rotatable bonds is 7. The van der Waals surface area contributed by atoms with E-state index in [9.17, 15) is 8.42 Å². The molecule has 2 aromatic carbocycles. The number of nitrogens with two attached hydrogens (primary N) is 1. The van der Waals surface area contributed by atoms with Gasteiger partial charge in [0.1, 0.15) is 12.4 Å². The van der Waals surface area contributed by atoms with E-state index in [0.29, 0.717) is 12.3 Å². The molecule has 0 radical (unpaired) electrons. The lowest BCUT2D eigenvalue weighted by molar-refractivity contribution is 0.323. The molecule has 0 fully saturated rings. The van der Waals surface area contributed by atoms with Crippen molar-refractivity contribution < 1.29 is 13.2 Å². The molecule has 3 N–H and O–H groups in total. The molecule has 0 unspecified atom stereocenters. The number of hydrogen-bond donors (Lipinski definition) is 2. The number of sulfonamides is 1. The maximum Gasteiger partial charge on any atom is 0.240 e. The molecule has 0 saturated carbocycles. The largest absolute Gasteiger partial charge is 0.492 e. The molecule has 0 aliphatic carbocycles. The van der Waals surface area contributed by atoms with Crippen molar-refractivity contribution >= 4 is 10.0 Å². The average Bonchev–Trinajstić information content (AvgIpc) is 2.53. The fourth-order valence-electron chi connectivity index (χ4n) is 1.75. The van der Waals surface area contributed by atoms with Crippen LogP contribution in [0.25, 0.3) is 0 Å². The van der Waals surface area contributed by atoms with Crippen molar-refractivity contribution in [3.05, 3.63) is 60.2 Å². The van der Waals surface area contributed by atoms with Crippen LogP contribution in [-0.4, -0.2) is 21.6 Å². The van der Waals surface area contributed by atoms with E-state index in [2.05, 4.69) is 4.72 Å². The van der Waals surface area contributed by atoms with Crippen molar-refractivity contribution in [2.24, 2.45) is 5.73 Å². The number of benzene rings is 2. The fraction of sp³-hybridized carbons (Fsp3) is 0.200. The van der Waals surface area contributed by atoms with E-state index in [-0.39, 0.29) is 18.0 Å². The first-order valence-electron chi connectivity index (χ1n) is 6.58. The van der Waals surface area contributed by atoms with Crippen molar-refractivity contribution in [3.63, 3.8) is 0 Å². The topological polar surface area (TPSA) is 81.4 Å². The highest BCUT2D eigenvalue weighted by atomic mass is 32.2. The van der Waals surface area contributed by atoms with Crippen LogP contribution in [0.1, 0.15) is 5.56 Å². The van der Waals surface area contributed by atoms with Gasteiger partial charge in [-0.1, -0.05) is 30.3 Å². The summed E-state index contributed by atoms with van der Waals surface area (Å²) in [7, 11) is -3.51. The first kappa shape index (κ1) is 15.5. The van der Waals surface area contributed by atoms with E-state index in [1.165, 1.54) is 0 Å². The Kier molecular flexibility index (Phi) is 5.32. The highest BCUT2D eigenvalue weighted by Gasteiger charge is 2.12. The molecule has 112 valence electrons. The molecule has 0 aromatic heterocycles. The molecule has 2 rings (SSSR count). The van der Waals surface area contributed by atoms with Gasteiger partial charge in [-0.25, -0.2) is 13.1 Å². The first-order chi connectivity index (χ1) is 10.1. The molecule has 0 saturated heterocycles. The standard InChI is InChI=1S/C15H18N2O3S/c16-12-13-6-8-15(9-7-13)21(18,19)17-10-11-20-14-4-2-1-3-5-14/h1-9,17H,10-12,16H2. The van der Waals surface area contributed by atoms with E-state index in [0.717, 1.165) is 5.56 Å². The Hall–Kier alpha value is -1.89. The Labute approximate surface area is 124 Å². The predicted molar refractivity (Wildman–Crippen MR) is 81.5 cm³/mol. The summed E-state index contributed by atoms with van der Waals surface area (Å²) in [4.78, 5) is 0.222. The minimum Gasteiger partial charge on any atom is -0.492 e. The van der Waals surface area contributed by atoms with E-state index < -0.39 is 10.0 Å². The Morgan fingerprint density at radius 1 is 1.00 bits per heavy atom. The maximum atomic E-state index is 12.0. The zero-order valence-electron chi connectivity index (χ0n) is 11.5. The Balaban J connectivity index is 1.86. The smallest absolute Gasteiger partial charge is 0.240 e. The molecule has 0 bridgehead atoms. The number of hydrogen-bond acceptors (Lipinski definition) is 4. The van der Waals surface area contributed by atoms with E-state index in [1.54, 1.807) is 24.3 Å². The lowest BCUT2D eigenvalue weighted by Crippen LogP contribution is -2.28. The SMILES string of the molecule is NCc1ccc(S(=O)(=O)NCCOc2ccccc2)cc1. The summed E-state index contributed by atoms with van der Waals surface area (Å²) in [6, 6.07) is 15.7. The summed E-state index contributed by atoms with van der Waals surface area (Å²) in [5, 5.41) is 0. The third-order valence-corrected chi connectivity index (χ3v) is 4.35. The second-order valence-electron chi connectivity index (χ2n) is 4.41. The van der Waals surface area contributed by atoms with Gasteiger partial charge in [-0.15, -0.1) is 0 Å². The van der Waals surface area contributed by atoms with Crippen LogP contribution in [0.2, 0.25) is 0 Å². The van der Waals surface area contributed by atoms with Crippen LogP contribution >= 0.6 is 0 Å². The highest BCUT2D eigenvalue weighted by molar-refractivity contribution is 7.89. The molecule has 5 nitrogen and oxygen atoms in total. The summed E-state index contributed by atoms with van der Waals surface area (Å²) >= 11 is 0. The van der Waals surface area contributed by atoms with E-state index in [4.69, 9.17) is 10.5 Å². The lowest BCUT2D eigenvalue weighted by Gasteiger charge is -2.09. The van der Waals surface area contributed by atoms with Crippen LogP contribution in [0.5, 0.6) is 5.75 Å². The molecule has 2 aromatic rings. The summed E-state index contributed by atoms with van der Waals surface area (Å²) < 4.78 is 32.0. The van der Waals surface area contributed by atoms with Gasteiger partial charge in [0.15, 0.2) is 0 Å². The molecule has 6 heteroatoms. The molecule has 0 aliphatic rings. The Morgan fingerprint density at radius 2 is 1.67 bits per heavy atom. The van der Waals surface area contributed by atoms with Crippen molar-refractivity contribution in [3.8, 4) is 5.75 Å². The summed E-state index contributed by atoms with van der Waals surface area (Å²) in [6.45, 7) is 0.860. The van der Waals surface area contributed by atoms with Crippen molar-refractivity contribution in [2.75, 3.05) is 13.2 Å². The second-order valence-corrected chi connectivity index (χ2v) is 6.17. The van der Waals surface area contributed by atoms with Gasteiger partial charge in [-0.2, -0.15) is 0 Å². The van der Waals surface area contributed by atoms with Crippen molar-refractivity contribution in [1.82, 2.24) is 4.72 Å². The number of ether oxygens (including phenoxy) is 1. The van der Waals surface area contributed by atoms with Crippen LogP contribution in [0, 0.1) is 0 Å². The quantitative estimate of drug-likeness (QED) is 0.760. The van der Waals surface area contributed by atoms with Gasteiger partial charge in [0.2, 0.25) is 10.0 Å². The van der Waals surface area contributed by atoms with Crippen LogP contribution in [0.15, 0.2) is 59.5 Å². The molecular formula is C15H18N2O3S. The van der Waals surface area contributed by atoms with Gasteiger partial charge in [-0.05, 0) is 29.8 Å². The fourth-order valence-corrected chi connectivity index (χ4v) is 2.76. The summed E-state index contributed by atoms with van der Waals surface area (Å²) in [5.41, 5.74) is 6.37. The summed E-state index contributed by atoms with van der Waals surface area (Å²) in [5.74, 6) is 0.712. The molecule has 0 heterocycles. The van der Waals surface area contributed by atoms with E-state index in [1.807, 2.05) is 30.3 Å². The van der Waals surface area contributed by atoms with E-state index >= 15 is 0 Å². The third kappa shape index (κ3) is 4.56. The van der Waals surface area contributed by atoms with Gasteiger partial charge >= 0.3 is 0 Å². The molecule has 0 amide bonds. The Morgan fingerprint density at radius 3 is 2.29 bits per heavy atom. The second kappa shape index (κ2) is 7.21. The molecule has 0 aliphatic heterocycles. The van der Waals surface area contributed by atoms with Crippen LogP contribution < -0.4 is 15.2 Å². The minimum absolute atomic E-state index is 0.204. The van der Waals surface area contributed by atoms with Crippen molar-refractivity contribution in [2.45, 2.75) is 11.4 Å².